The van der Waals surface area contributed by atoms with Crippen LogP contribution in [0.2, 0.25) is 0 Å². The minimum Gasteiger partial charge on any atom is -0.478 e. The van der Waals surface area contributed by atoms with Gasteiger partial charge in [0.1, 0.15) is 11.4 Å². The molecule has 1 aromatic rings. The van der Waals surface area contributed by atoms with Gasteiger partial charge in [-0.2, -0.15) is 0 Å². The molecule has 0 radical (unpaired) electrons. The topological polar surface area (TPSA) is 71.5 Å². The van der Waals surface area contributed by atoms with Gasteiger partial charge in [-0.15, -0.1) is 0 Å². The fraction of sp³-hybridized carbons (Fsp3) is 0.500. The van der Waals surface area contributed by atoms with Crippen molar-refractivity contribution in [3.05, 3.63) is 23.9 Å². The second-order valence-corrected chi connectivity index (χ2v) is 4.06. The van der Waals surface area contributed by atoms with Gasteiger partial charge in [0.15, 0.2) is 0 Å². The van der Waals surface area contributed by atoms with Crippen LogP contribution in [0.3, 0.4) is 0 Å². The summed E-state index contributed by atoms with van der Waals surface area (Å²) in [6, 6.07) is 3.17. The van der Waals surface area contributed by atoms with E-state index in [1.807, 2.05) is 0 Å². The summed E-state index contributed by atoms with van der Waals surface area (Å²) in [4.78, 5) is 15.0. The van der Waals surface area contributed by atoms with Crippen molar-refractivity contribution in [2.75, 3.05) is 18.5 Å². The molecule has 0 aromatic carbocycles. The van der Waals surface area contributed by atoms with Crippen molar-refractivity contribution in [3.63, 3.8) is 0 Å². The van der Waals surface area contributed by atoms with Gasteiger partial charge in [0.05, 0.1) is 6.10 Å². The molecule has 0 amide bonds. The number of hydrogen-bond donors (Lipinski definition) is 2. The average molecular weight is 236 g/mol. The third-order valence-corrected chi connectivity index (χ3v) is 2.82. The lowest BCUT2D eigenvalue weighted by Gasteiger charge is -2.11. The molecule has 1 saturated heterocycles. The molecule has 1 aromatic heterocycles. The van der Waals surface area contributed by atoms with E-state index in [-0.39, 0.29) is 5.56 Å². The number of anilines is 1. The van der Waals surface area contributed by atoms with E-state index in [0.717, 1.165) is 25.9 Å². The van der Waals surface area contributed by atoms with Crippen molar-refractivity contribution in [2.45, 2.75) is 25.4 Å². The molecule has 1 aliphatic rings. The first kappa shape index (κ1) is 11.9. The number of aromatic nitrogens is 1. The van der Waals surface area contributed by atoms with E-state index < -0.39 is 5.97 Å². The van der Waals surface area contributed by atoms with Gasteiger partial charge in [0.2, 0.25) is 0 Å². The molecule has 5 heteroatoms. The van der Waals surface area contributed by atoms with Crippen LogP contribution in [-0.2, 0) is 4.74 Å². The molecule has 1 fully saturated rings. The Morgan fingerprint density at radius 2 is 2.53 bits per heavy atom. The molecule has 92 valence electrons. The van der Waals surface area contributed by atoms with Crippen LogP contribution in [0, 0.1) is 0 Å². The van der Waals surface area contributed by atoms with Crippen molar-refractivity contribution >= 4 is 11.8 Å². The van der Waals surface area contributed by atoms with Crippen LogP contribution in [0.25, 0.3) is 0 Å². The first-order chi connectivity index (χ1) is 8.27. The maximum Gasteiger partial charge on any atom is 0.339 e. The fourth-order valence-corrected chi connectivity index (χ4v) is 1.94. The van der Waals surface area contributed by atoms with Crippen molar-refractivity contribution < 1.29 is 14.6 Å². The molecule has 0 aliphatic carbocycles. The number of carboxylic acid groups (broad SMARTS) is 1. The zero-order chi connectivity index (χ0) is 12.1. The lowest BCUT2D eigenvalue weighted by atomic mass is 10.2. The SMILES string of the molecule is O=C(O)c1cccnc1NCCC1CCCO1. The third kappa shape index (κ3) is 3.17. The van der Waals surface area contributed by atoms with Crippen molar-refractivity contribution in [3.8, 4) is 0 Å². The second-order valence-electron chi connectivity index (χ2n) is 4.06. The summed E-state index contributed by atoms with van der Waals surface area (Å²) >= 11 is 0. The monoisotopic (exact) mass is 236 g/mol. The highest BCUT2D eigenvalue weighted by Crippen LogP contribution is 2.16. The Balaban J connectivity index is 1.87. The number of aromatic carboxylic acids is 1. The number of carboxylic acids is 1. The van der Waals surface area contributed by atoms with Crippen LogP contribution >= 0.6 is 0 Å². The molecule has 0 bridgehead atoms. The predicted molar refractivity (Wildman–Crippen MR) is 63.3 cm³/mol. The molecule has 1 unspecified atom stereocenters. The number of nitrogens with zero attached hydrogens (tertiary/aromatic N) is 1. The van der Waals surface area contributed by atoms with Gasteiger partial charge in [-0.25, -0.2) is 9.78 Å². The first-order valence-corrected chi connectivity index (χ1v) is 5.81. The standard InChI is InChI=1S/C12H16N2O3/c15-12(16)10-4-1-6-13-11(10)14-7-5-9-3-2-8-17-9/h1,4,6,9H,2-3,5,7-8H2,(H,13,14)(H,15,16). The van der Waals surface area contributed by atoms with Gasteiger partial charge in [-0.05, 0) is 31.4 Å². The van der Waals surface area contributed by atoms with Crippen LogP contribution in [0.15, 0.2) is 18.3 Å². The highest BCUT2D eigenvalue weighted by Gasteiger charge is 2.15. The molecule has 1 aliphatic heterocycles. The second kappa shape index (κ2) is 5.63. The molecular weight excluding hydrogens is 220 g/mol. The molecule has 5 nitrogen and oxygen atoms in total. The number of rotatable bonds is 5. The Bertz CT molecular complexity index is 389. The van der Waals surface area contributed by atoms with Crippen LogP contribution in [0.4, 0.5) is 5.82 Å². The van der Waals surface area contributed by atoms with Gasteiger partial charge in [-0.1, -0.05) is 0 Å². The minimum absolute atomic E-state index is 0.208. The lowest BCUT2D eigenvalue weighted by molar-refractivity contribution is 0.0697. The predicted octanol–water partition coefficient (Wildman–Crippen LogP) is 1.76. The number of carbonyl (C=O) groups is 1. The van der Waals surface area contributed by atoms with Crippen molar-refractivity contribution in [1.82, 2.24) is 4.98 Å². The maximum atomic E-state index is 10.9. The Morgan fingerprint density at radius 3 is 3.24 bits per heavy atom. The maximum absolute atomic E-state index is 10.9. The van der Waals surface area contributed by atoms with E-state index in [1.165, 1.54) is 0 Å². The van der Waals surface area contributed by atoms with E-state index in [4.69, 9.17) is 9.84 Å². The normalized spacial score (nSPS) is 19.2. The summed E-state index contributed by atoms with van der Waals surface area (Å²) in [5.74, 6) is -0.532. The first-order valence-electron chi connectivity index (χ1n) is 5.81. The minimum atomic E-state index is -0.960. The van der Waals surface area contributed by atoms with Crippen LogP contribution in [0.5, 0.6) is 0 Å². The van der Waals surface area contributed by atoms with Crippen molar-refractivity contribution in [1.29, 1.82) is 0 Å². The van der Waals surface area contributed by atoms with Gasteiger partial charge >= 0.3 is 5.97 Å². The number of nitrogens with one attached hydrogen (secondary N) is 1. The number of ether oxygens (including phenoxy) is 1. The smallest absolute Gasteiger partial charge is 0.339 e. The highest BCUT2D eigenvalue weighted by molar-refractivity contribution is 5.92. The fourth-order valence-electron chi connectivity index (χ4n) is 1.94. The molecule has 17 heavy (non-hydrogen) atoms. The summed E-state index contributed by atoms with van der Waals surface area (Å²) in [5.41, 5.74) is 0.208. The van der Waals surface area contributed by atoms with Crippen LogP contribution in [-0.4, -0.2) is 35.3 Å². The van der Waals surface area contributed by atoms with Gasteiger partial charge in [0.25, 0.3) is 0 Å². The molecule has 2 rings (SSSR count). The lowest BCUT2D eigenvalue weighted by Crippen LogP contribution is -2.15. The third-order valence-electron chi connectivity index (χ3n) is 2.82. The van der Waals surface area contributed by atoms with E-state index >= 15 is 0 Å². The number of pyridine rings is 1. The summed E-state index contributed by atoms with van der Waals surface area (Å²) in [7, 11) is 0. The Kier molecular flexibility index (Phi) is 3.93. The zero-order valence-corrected chi connectivity index (χ0v) is 9.56. The van der Waals surface area contributed by atoms with E-state index in [9.17, 15) is 4.79 Å². The van der Waals surface area contributed by atoms with Crippen molar-refractivity contribution in [2.24, 2.45) is 0 Å². The van der Waals surface area contributed by atoms with E-state index in [1.54, 1.807) is 18.3 Å². The highest BCUT2D eigenvalue weighted by atomic mass is 16.5. The molecule has 0 saturated carbocycles. The summed E-state index contributed by atoms with van der Waals surface area (Å²) in [6.07, 6.45) is 4.99. The van der Waals surface area contributed by atoms with Gasteiger partial charge < -0.3 is 15.2 Å². The van der Waals surface area contributed by atoms with Crippen LogP contribution < -0.4 is 5.32 Å². The zero-order valence-electron chi connectivity index (χ0n) is 9.56. The molecule has 1 atom stereocenters. The quantitative estimate of drug-likeness (QED) is 0.815. The molecule has 2 heterocycles. The summed E-state index contributed by atoms with van der Waals surface area (Å²) < 4.78 is 5.49. The van der Waals surface area contributed by atoms with Crippen LogP contribution in [0.1, 0.15) is 29.6 Å². The average Bonchev–Trinajstić information content (AvgIpc) is 2.82. The largest absolute Gasteiger partial charge is 0.478 e. The number of hydrogen-bond acceptors (Lipinski definition) is 4. The summed E-state index contributed by atoms with van der Waals surface area (Å²) in [6.45, 7) is 1.52. The summed E-state index contributed by atoms with van der Waals surface area (Å²) in [5, 5.41) is 12.0. The Hall–Kier alpha value is -1.62. The Morgan fingerprint density at radius 1 is 1.65 bits per heavy atom. The Labute approximate surface area is 99.8 Å². The molecule has 0 spiro atoms. The van der Waals surface area contributed by atoms with E-state index in [0.29, 0.717) is 18.5 Å². The van der Waals surface area contributed by atoms with Gasteiger partial charge in [0, 0.05) is 19.3 Å². The molecular formula is C12H16N2O3. The van der Waals surface area contributed by atoms with Gasteiger partial charge in [-0.3, -0.25) is 0 Å². The van der Waals surface area contributed by atoms with E-state index in [2.05, 4.69) is 10.3 Å². The molecule has 2 N–H and O–H groups in total.